The fourth-order valence-corrected chi connectivity index (χ4v) is 5.56. The zero-order chi connectivity index (χ0) is 28.2. The first-order chi connectivity index (χ1) is 19.6. The van der Waals surface area contributed by atoms with Gasteiger partial charge in [0.1, 0.15) is 5.75 Å². The summed E-state index contributed by atoms with van der Waals surface area (Å²) in [6.45, 7) is 6.67. The predicted octanol–water partition coefficient (Wildman–Crippen LogP) is 12.2. The van der Waals surface area contributed by atoms with E-state index in [2.05, 4.69) is 112 Å². The van der Waals surface area contributed by atoms with Crippen molar-refractivity contribution < 1.29 is 4.74 Å². The molecule has 0 N–H and O–H groups in total. The molecule has 0 saturated carbocycles. The Labute approximate surface area is 247 Å². The average Bonchev–Trinajstić information content (AvgIpc) is 2.98. The number of ether oxygens (including phenoxy) is 1. The Morgan fingerprint density at radius 3 is 1.70 bits per heavy atom. The predicted molar refractivity (Wildman–Crippen MR) is 174 cm³/mol. The maximum atomic E-state index is 6.79. The second-order valence-electron chi connectivity index (χ2n) is 11.1. The topological polar surface area (TPSA) is 9.23 Å². The minimum atomic E-state index is 0.233. The van der Waals surface area contributed by atoms with E-state index in [0.717, 1.165) is 33.9 Å². The molecule has 4 aromatic carbocycles. The van der Waals surface area contributed by atoms with E-state index in [-0.39, 0.29) is 6.10 Å². The molecule has 2 heteroatoms. The summed E-state index contributed by atoms with van der Waals surface area (Å²) in [5.41, 5.74) is 8.36. The van der Waals surface area contributed by atoms with E-state index < -0.39 is 0 Å². The van der Waals surface area contributed by atoms with Crippen molar-refractivity contribution in [3.05, 3.63) is 102 Å². The number of rotatable bonds is 15. The standard InChI is InChI=1S/C38H45ClO/c1-4-6-8-10-12-29(3)40-36-25-22-34(23-26-36)37-27-24-35(28-38(37)39)33-20-18-32(19-21-33)31-16-14-30(15-17-31)13-11-9-7-5-2/h14-29H,4-13H2,1-3H3. The third-order valence-electron chi connectivity index (χ3n) is 7.76. The van der Waals surface area contributed by atoms with Gasteiger partial charge in [0.2, 0.25) is 0 Å². The quantitative estimate of drug-likeness (QED) is 0.133. The summed E-state index contributed by atoms with van der Waals surface area (Å²) < 4.78 is 6.13. The Bertz CT molecular complexity index is 1290. The van der Waals surface area contributed by atoms with E-state index in [1.807, 2.05) is 0 Å². The van der Waals surface area contributed by atoms with Gasteiger partial charge in [0.05, 0.1) is 6.10 Å². The lowest BCUT2D eigenvalue weighted by atomic mass is 9.97. The first kappa shape index (κ1) is 29.9. The van der Waals surface area contributed by atoms with Crippen molar-refractivity contribution in [2.24, 2.45) is 0 Å². The molecule has 0 radical (unpaired) electrons. The molecule has 0 fully saturated rings. The summed E-state index contributed by atoms with van der Waals surface area (Å²) >= 11 is 6.79. The Kier molecular flexibility index (Phi) is 11.7. The average molecular weight is 553 g/mol. The van der Waals surface area contributed by atoms with E-state index in [1.165, 1.54) is 80.0 Å². The summed E-state index contributed by atoms with van der Waals surface area (Å²) in [7, 11) is 0. The number of benzene rings is 4. The molecule has 4 aromatic rings. The summed E-state index contributed by atoms with van der Waals surface area (Å²) in [6.07, 6.45) is 12.8. The van der Waals surface area contributed by atoms with E-state index in [9.17, 15) is 0 Å². The van der Waals surface area contributed by atoms with Gasteiger partial charge >= 0.3 is 0 Å². The summed E-state index contributed by atoms with van der Waals surface area (Å²) in [4.78, 5) is 0. The lowest BCUT2D eigenvalue weighted by Gasteiger charge is -2.15. The molecule has 0 aliphatic rings. The fraction of sp³-hybridized carbons (Fsp3) is 0.368. The van der Waals surface area contributed by atoms with Gasteiger partial charge in [0, 0.05) is 10.6 Å². The van der Waals surface area contributed by atoms with Crippen molar-refractivity contribution in [2.45, 2.75) is 91.1 Å². The van der Waals surface area contributed by atoms with Crippen LogP contribution in [0.5, 0.6) is 5.75 Å². The first-order valence-corrected chi connectivity index (χ1v) is 15.7. The van der Waals surface area contributed by atoms with Crippen molar-refractivity contribution in [3.8, 4) is 39.1 Å². The molecule has 0 bridgehead atoms. The van der Waals surface area contributed by atoms with Crippen LogP contribution in [-0.4, -0.2) is 6.10 Å². The third kappa shape index (κ3) is 8.73. The molecule has 0 heterocycles. The van der Waals surface area contributed by atoms with Crippen LogP contribution >= 0.6 is 11.6 Å². The number of aryl methyl sites for hydroxylation is 1. The molecule has 0 amide bonds. The summed E-state index contributed by atoms with van der Waals surface area (Å²) in [5, 5.41) is 0.758. The molecule has 0 aliphatic carbocycles. The largest absolute Gasteiger partial charge is 0.491 e. The Balaban J connectivity index is 1.36. The van der Waals surface area contributed by atoms with Crippen LogP contribution in [0.3, 0.4) is 0 Å². The molecule has 1 atom stereocenters. The van der Waals surface area contributed by atoms with Gasteiger partial charge in [-0.2, -0.15) is 0 Å². The van der Waals surface area contributed by atoms with Gasteiger partial charge in [0.15, 0.2) is 0 Å². The zero-order valence-corrected chi connectivity index (χ0v) is 25.4. The normalized spacial score (nSPS) is 11.9. The van der Waals surface area contributed by atoms with Crippen molar-refractivity contribution in [3.63, 3.8) is 0 Å². The van der Waals surface area contributed by atoms with Crippen LogP contribution in [0.4, 0.5) is 0 Å². The SMILES string of the molecule is CCCCCCc1ccc(-c2ccc(-c3ccc(-c4ccc(OC(C)CCCCCC)cc4)c(Cl)c3)cc2)cc1. The minimum absolute atomic E-state index is 0.233. The molecule has 0 aromatic heterocycles. The maximum absolute atomic E-state index is 6.79. The molecular formula is C38H45ClO. The molecule has 1 nitrogen and oxygen atoms in total. The van der Waals surface area contributed by atoms with Gasteiger partial charge in [-0.1, -0.05) is 137 Å². The summed E-state index contributed by atoms with van der Waals surface area (Å²) in [6, 6.07) is 32.5. The van der Waals surface area contributed by atoms with Crippen LogP contribution in [0.15, 0.2) is 91.0 Å². The minimum Gasteiger partial charge on any atom is -0.491 e. The number of hydrogen-bond donors (Lipinski definition) is 0. The molecule has 0 aliphatic heterocycles. The summed E-state index contributed by atoms with van der Waals surface area (Å²) in [5.74, 6) is 0.918. The monoisotopic (exact) mass is 552 g/mol. The van der Waals surface area contributed by atoms with Gasteiger partial charge in [-0.15, -0.1) is 0 Å². The molecule has 210 valence electrons. The van der Waals surface area contributed by atoms with E-state index in [4.69, 9.17) is 16.3 Å². The maximum Gasteiger partial charge on any atom is 0.119 e. The first-order valence-electron chi connectivity index (χ1n) is 15.3. The molecule has 0 spiro atoms. The highest BCUT2D eigenvalue weighted by atomic mass is 35.5. The van der Waals surface area contributed by atoms with Crippen molar-refractivity contribution in [1.29, 1.82) is 0 Å². The second kappa shape index (κ2) is 15.7. The number of hydrogen-bond acceptors (Lipinski definition) is 1. The highest BCUT2D eigenvalue weighted by Gasteiger charge is 2.09. The van der Waals surface area contributed by atoms with Crippen LogP contribution in [0.2, 0.25) is 5.02 Å². The van der Waals surface area contributed by atoms with Gasteiger partial charge in [-0.25, -0.2) is 0 Å². The van der Waals surface area contributed by atoms with E-state index >= 15 is 0 Å². The van der Waals surface area contributed by atoms with Crippen LogP contribution in [0.25, 0.3) is 33.4 Å². The van der Waals surface area contributed by atoms with Crippen LogP contribution in [-0.2, 0) is 6.42 Å². The lowest BCUT2D eigenvalue weighted by molar-refractivity contribution is 0.206. The van der Waals surface area contributed by atoms with Crippen LogP contribution in [0, 0.1) is 0 Å². The van der Waals surface area contributed by atoms with Gasteiger partial charge in [-0.3, -0.25) is 0 Å². The Hall–Kier alpha value is -3.03. The van der Waals surface area contributed by atoms with Crippen LogP contribution < -0.4 is 4.74 Å². The molecule has 40 heavy (non-hydrogen) atoms. The van der Waals surface area contributed by atoms with Gasteiger partial charge < -0.3 is 4.74 Å². The van der Waals surface area contributed by atoms with E-state index in [1.54, 1.807) is 0 Å². The molecule has 4 rings (SSSR count). The second-order valence-corrected chi connectivity index (χ2v) is 11.5. The van der Waals surface area contributed by atoms with Crippen molar-refractivity contribution in [1.82, 2.24) is 0 Å². The van der Waals surface area contributed by atoms with Crippen molar-refractivity contribution >= 4 is 11.6 Å². The fourth-order valence-electron chi connectivity index (χ4n) is 5.27. The highest BCUT2D eigenvalue weighted by molar-refractivity contribution is 6.33. The highest BCUT2D eigenvalue weighted by Crippen LogP contribution is 2.34. The van der Waals surface area contributed by atoms with Crippen molar-refractivity contribution in [2.75, 3.05) is 0 Å². The van der Waals surface area contributed by atoms with Crippen LogP contribution in [0.1, 0.15) is 84.1 Å². The Morgan fingerprint density at radius 1 is 0.575 bits per heavy atom. The smallest absolute Gasteiger partial charge is 0.119 e. The van der Waals surface area contributed by atoms with Gasteiger partial charge in [-0.05, 0) is 84.2 Å². The van der Waals surface area contributed by atoms with E-state index in [0.29, 0.717) is 0 Å². The molecule has 1 unspecified atom stereocenters. The number of halogens is 1. The van der Waals surface area contributed by atoms with Gasteiger partial charge in [0.25, 0.3) is 0 Å². The zero-order valence-electron chi connectivity index (χ0n) is 24.6. The third-order valence-corrected chi connectivity index (χ3v) is 8.07. The lowest BCUT2D eigenvalue weighted by Crippen LogP contribution is -2.11. The Morgan fingerprint density at radius 2 is 1.10 bits per heavy atom. The molecular weight excluding hydrogens is 508 g/mol. The molecule has 0 saturated heterocycles. The number of unbranched alkanes of at least 4 members (excludes halogenated alkanes) is 6.